The third-order valence-electron chi connectivity index (χ3n) is 4.72. The molecule has 3 atom stereocenters. The van der Waals surface area contributed by atoms with Gasteiger partial charge in [-0.3, -0.25) is 14.5 Å². The topological polar surface area (TPSA) is 85.4 Å². The average molecular weight is 352 g/mol. The van der Waals surface area contributed by atoms with Crippen LogP contribution in [0.5, 0.6) is 0 Å². The molecule has 25 heavy (non-hydrogen) atoms. The summed E-state index contributed by atoms with van der Waals surface area (Å²) in [6.45, 7) is 6.17. The number of piperidine rings is 1. The van der Waals surface area contributed by atoms with Crippen molar-refractivity contribution in [1.82, 2.24) is 9.80 Å². The highest BCUT2D eigenvalue weighted by Gasteiger charge is 2.66. The molecule has 2 aliphatic heterocycles. The number of likely N-dealkylation sites (tertiary alicyclic amines) is 1. The molecular formula is C16H25BN2O6. The zero-order valence-corrected chi connectivity index (χ0v) is 15.2. The minimum Gasteiger partial charge on any atom is -0.498 e. The summed E-state index contributed by atoms with van der Waals surface area (Å²) < 4.78 is 16.2. The van der Waals surface area contributed by atoms with E-state index in [1.165, 1.54) is 0 Å². The van der Waals surface area contributed by atoms with Crippen molar-refractivity contribution in [3.8, 4) is 0 Å². The maximum atomic E-state index is 12.5. The van der Waals surface area contributed by atoms with Crippen LogP contribution >= 0.6 is 0 Å². The summed E-state index contributed by atoms with van der Waals surface area (Å²) in [5.41, 5.74) is -0.571. The Morgan fingerprint density at radius 3 is 2.36 bits per heavy atom. The summed E-state index contributed by atoms with van der Waals surface area (Å²) in [4.78, 5) is 39.6. The third kappa shape index (κ3) is 4.08. The molecule has 3 fully saturated rings. The van der Waals surface area contributed by atoms with Gasteiger partial charge in [0, 0.05) is 18.4 Å². The van der Waals surface area contributed by atoms with Crippen LogP contribution in [0.4, 0.5) is 4.79 Å². The smallest absolute Gasteiger partial charge is 0.498 e. The fourth-order valence-electron chi connectivity index (χ4n) is 3.74. The van der Waals surface area contributed by atoms with Crippen LogP contribution in [0, 0.1) is 5.92 Å². The summed E-state index contributed by atoms with van der Waals surface area (Å²) in [6.07, 6.45) is 1.40. The minimum absolute atomic E-state index is 0.0451. The molecule has 1 aliphatic carbocycles. The number of carbonyl (C=O) groups excluding carboxylic acids is 3. The Morgan fingerprint density at radius 1 is 1.20 bits per heavy atom. The first-order valence-corrected chi connectivity index (χ1v) is 8.73. The van der Waals surface area contributed by atoms with Gasteiger partial charge in [-0.1, -0.05) is 0 Å². The first kappa shape index (κ1) is 18.0. The highest BCUT2D eigenvalue weighted by molar-refractivity contribution is 6.52. The molecule has 0 spiro atoms. The van der Waals surface area contributed by atoms with Gasteiger partial charge in [0.1, 0.15) is 5.60 Å². The van der Waals surface area contributed by atoms with Crippen LogP contribution in [0.2, 0.25) is 5.82 Å². The molecule has 8 nitrogen and oxygen atoms in total. The maximum Gasteiger partial charge on any atom is 0.604 e. The van der Waals surface area contributed by atoms with E-state index < -0.39 is 24.7 Å². The molecule has 0 aromatic carbocycles. The average Bonchev–Trinajstić information content (AvgIpc) is 3.16. The van der Waals surface area contributed by atoms with Crippen LogP contribution < -0.4 is 0 Å². The van der Waals surface area contributed by atoms with Crippen LogP contribution in [-0.4, -0.2) is 73.3 Å². The van der Waals surface area contributed by atoms with Gasteiger partial charge in [-0.05, 0) is 46.6 Å². The Morgan fingerprint density at radius 2 is 1.80 bits per heavy atom. The standard InChI is InChI=1S/C16H25BN2O6/c1-16(2,3)23-15(22)19-7-5-6-10-13(14(10)19)17-24-11(20)8-18(4)9-12(21)25-17/h10,13-14H,5-9H2,1-4H3/t10-,13-,14-/m1/s1. The van der Waals surface area contributed by atoms with Crippen LogP contribution in [0.15, 0.2) is 0 Å². The zero-order valence-electron chi connectivity index (χ0n) is 15.2. The van der Waals surface area contributed by atoms with Gasteiger partial charge in [0.25, 0.3) is 0 Å². The fraction of sp³-hybridized carbons (Fsp3) is 0.812. The fourth-order valence-corrected chi connectivity index (χ4v) is 3.74. The zero-order chi connectivity index (χ0) is 18.4. The number of likely N-dealkylation sites (N-methyl/N-ethyl adjacent to an activating group) is 1. The highest BCUT2D eigenvalue weighted by atomic mass is 16.6. The van der Waals surface area contributed by atoms with E-state index >= 15 is 0 Å². The van der Waals surface area contributed by atoms with Crippen molar-refractivity contribution >= 4 is 25.2 Å². The second kappa shape index (κ2) is 6.51. The predicted molar refractivity (Wildman–Crippen MR) is 88.6 cm³/mol. The molecular weight excluding hydrogens is 327 g/mol. The van der Waals surface area contributed by atoms with Crippen molar-refractivity contribution in [2.45, 2.75) is 51.1 Å². The van der Waals surface area contributed by atoms with E-state index in [4.69, 9.17) is 14.0 Å². The van der Waals surface area contributed by atoms with Gasteiger partial charge >= 0.3 is 25.2 Å². The van der Waals surface area contributed by atoms with Crippen molar-refractivity contribution in [2.75, 3.05) is 26.7 Å². The lowest BCUT2D eigenvalue weighted by atomic mass is 9.79. The Hall–Kier alpha value is -1.77. The highest BCUT2D eigenvalue weighted by Crippen LogP contribution is 2.56. The number of nitrogens with zero attached hydrogens (tertiary/aromatic N) is 2. The molecule has 3 rings (SSSR count). The number of ether oxygens (including phenoxy) is 1. The van der Waals surface area contributed by atoms with E-state index in [1.54, 1.807) is 16.8 Å². The van der Waals surface area contributed by atoms with Gasteiger partial charge in [-0.25, -0.2) is 4.79 Å². The van der Waals surface area contributed by atoms with Gasteiger partial charge < -0.3 is 18.9 Å². The van der Waals surface area contributed by atoms with Crippen molar-refractivity contribution in [2.24, 2.45) is 5.92 Å². The number of amides is 1. The molecule has 1 amide bonds. The van der Waals surface area contributed by atoms with Crippen LogP contribution in [-0.2, 0) is 23.6 Å². The van der Waals surface area contributed by atoms with Crippen LogP contribution in [0.3, 0.4) is 0 Å². The van der Waals surface area contributed by atoms with Crippen molar-refractivity contribution in [1.29, 1.82) is 0 Å². The van der Waals surface area contributed by atoms with Gasteiger partial charge in [0.05, 0.1) is 13.1 Å². The second-order valence-corrected chi connectivity index (χ2v) is 8.07. The quantitative estimate of drug-likeness (QED) is 0.649. The molecule has 0 aromatic heterocycles. The van der Waals surface area contributed by atoms with E-state index in [0.717, 1.165) is 12.8 Å². The van der Waals surface area contributed by atoms with Gasteiger partial charge in [0.15, 0.2) is 0 Å². The van der Waals surface area contributed by atoms with Crippen molar-refractivity contribution < 1.29 is 28.4 Å². The number of hydrogen-bond donors (Lipinski definition) is 0. The van der Waals surface area contributed by atoms with E-state index in [1.807, 2.05) is 20.8 Å². The largest absolute Gasteiger partial charge is 0.604 e. The predicted octanol–water partition coefficient (Wildman–Crippen LogP) is 0.906. The SMILES string of the molecule is CN1CC(=O)OB([C@@H]2[C@H]3CCCN(C(=O)OC(C)(C)C)[C@H]32)OC(=O)C1. The molecule has 9 heteroatoms. The molecule has 2 heterocycles. The molecule has 0 radical (unpaired) electrons. The van der Waals surface area contributed by atoms with E-state index in [9.17, 15) is 14.4 Å². The maximum absolute atomic E-state index is 12.5. The molecule has 0 unspecified atom stereocenters. The molecule has 1 saturated carbocycles. The van der Waals surface area contributed by atoms with E-state index in [2.05, 4.69) is 0 Å². The Bertz CT molecular complexity index is 557. The molecule has 2 saturated heterocycles. The summed E-state index contributed by atoms with van der Waals surface area (Å²) in [5.74, 6) is -0.852. The van der Waals surface area contributed by atoms with E-state index in [-0.39, 0.29) is 37.0 Å². The first-order valence-electron chi connectivity index (χ1n) is 8.73. The lowest BCUT2D eigenvalue weighted by Crippen LogP contribution is -2.44. The van der Waals surface area contributed by atoms with Crippen molar-refractivity contribution in [3.05, 3.63) is 0 Å². The number of rotatable bonds is 1. The molecule has 0 bridgehead atoms. The summed E-state index contributed by atoms with van der Waals surface area (Å²) >= 11 is 0. The van der Waals surface area contributed by atoms with Crippen LogP contribution in [0.25, 0.3) is 0 Å². The first-order chi connectivity index (χ1) is 11.7. The summed E-state index contributed by atoms with van der Waals surface area (Å²) in [5, 5.41) is 0. The summed E-state index contributed by atoms with van der Waals surface area (Å²) in [6, 6.07) is -0.105. The number of carbonyl (C=O) groups is 3. The lowest BCUT2D eigenvalue weighted by molar-refractivity contribution is -0.145. The van der Waals surface area contributed by atoms with Crippen molar-refractivity contribution in [3.63, 3.8) is 0 Å². The molecule has 0 N–H and O–H groups in total. The summed E-state index contributed by atoms with van der Waals surface area (Å²) in [7, 11) is 0.732. The minimum atomic E-state index is -0.924. The Labute approximate surface area is 147 Å². The van der Waals surface area contributed by atoms with E-state index in [0.29, 0.717) is 6.54 Å². The van der Waals surface area contributed by atoms with Gasteiger partial charge in [-0.15, -0.1) is 0 Å². The van der Waals surface area contributed by atoms with Gasteiger partial charge in [0.2, 0.25) is 0 Å². The Kier molecular flexibility index (Phi) is 4.70. The number of fused-ring (bicyclic) bond motifs is 1. The van der Waals surface area contributed by atoms with Gasteiger partial charge in [-0.2, -0.15) is 0 Å². The lowest BCUT2D eigenvalue weighted by Gasteiger charge is -2.30. The molecule has 3 aliphatic rings. The Balaban J connectivity index is 1.70. The number of hydrogen-bond acceptors (Lipinski definition) is 7. The third-order valence-corrected chi connectivity index (χ3v) is 4.72. The molecule has 0 aromatic rings. The van der Waals surface area contributed by atoms with Crippen LogP contribution in [0.1, 0.15) is 33.6 Å². The second-order valence-electron chi connectivity index (χ2n) is 8.07. The molecule has 138 valence electrons. The monoisotopic (exact) mass is 352 g/mol. The normalized spacial score (nSPS) is 30.6.